The van der Waals surface area contributed by atoms with Gasteiger partial charge in [0.25, 0.3) is 5.91 Å². The van der Waals surface area contributed by atoms with Gasteiger partial charge in [-0.25, -0.2) is 17.5 Å². The van der Waals surface area contributed by atoms with Crippen LogP contribution in [0.1, 0.15) is 23.2 Å². The van der Waals surface area contributed by atoms with Gasteiger partial charge >= 0.3 is 5.97 Å². The Morgan fingerprint density at radius 1 is 1.09 bits per heavy atom. The third-order valence-electron chi connectivity index (χ3n) is 5.34. The Hall–Kier alpha value is -3.42. The molecule has 33 heavy (non-hydrogen) atoms. The van der Waals surface area contributed by atoms with Crippen molar-refractivity contribution in [3.05, 3.63) is 54.1 Å². The molecule has 1 fully saturated rings. The lowest BCUT2D eigenvalue weighted by atomic mass is 10.1. The second-order valence-corrected chi connectivity index (χ2v) is 9.86. The van der Waals surface area contributed by atoms with E-state index in [0.717, 1.165) is 30.2 Å². The molecule has 10 heteroatoms. The van der Waals surface area contributed by atoms with Crippen LogP contribution in [0.2, 0.25) is 0 Å². The molecule has 2 aromatic rings. The summed E-state index contributed by atoms with van der Waals surface area (Å²) in [6, 6.07) is 14.9. The maximum Gasteiger partial charge on any atom is 0.340 e. The zero-order valence-corrected chi connectivity index (χ0v) is 19.4. The monoisotopic (exact) mass is 470 g/mol. The molecule has 1 heterocycles. The minimum absolute atomic E-state index is 0.0379. The molecule has 3 rings (SSSR count). The molecule has 0 N–H and O–H groups in total. The van der Waals surface area contributed by atoms with Crippen LogP contribution in [-0.4, -0.2) is 64.9 Å². The first-order valence-corrected chi connectivity index (χ1v) is 11.9. The molecule has 0 aliphatic carbocycles. The van der Waals surface area contributed by atoms with E-state index >= 15 is 0 Å². The Balaban J connectivity index is 1.85. The van der Waals surface area contributed by atoms with Crippen LogP contribution >= 0.6 is 0 Å². The van der Waals surface area contributed by atoms with Crippen molar-refractivity contribution < 1.29 is 22.7 Å². The highest BCUT2D eigenvalue weighted by Gasteiger charge is 2.26. The van der Waals surface area contributed by atoms with Crippen LogP contribution in [0.4, 0.5) is 11.4 Å². The molecule has 2 aromatic carbocycles. The summed E-state index contributed by atoms with van der Waals surface area (Å²) < 4.78 is 31.5. The zero-order valence-electron chi connectivity index (χ0n) is 18.6. The van der Waals surface area contributed by atoms with Crippen molar-refractivity contribution in [2.45, 2.75) is 17.7 Å². The van der Waals surface area contributed by atoms with E-state index in [1.165, 1.54) is 31.1 Å². The number of carbonyl (C=O) groups is 2. The van der Waals surface area contributed by atoms with Crippen LogP contribution in [-0.2, 0) is 19.6 Å². The van der Waals surface area contributed by atoms with Crippen molar-refractivity contribution in [2.75, 3.05) is 50.1 Å². The second-order valence-electron chi connectivity index (χ2n) is 7.71. The number of rotatable bonds is 8. The maximum atomic E-state index is 13.0. The SMILES string of the molecule is CN(C)S(=O)(=O)c1ccc(N2CCCC2)c(C(=O)OCC(=O)N(CC#N)c2ccccc2)c1. The highest BCUT2D eigenvalue weighted by Crippen LogP contribution is 2.29. The fourth-order valence-corrected chi connectivity index (χ4v) is 4.50. The van der Waals surface area contributed by atoms with Crippen molar-refractivity contribution in [1.29, 1.82) is 5.26 Å². The van der Waals surface area contributed by atoms with Gasteiger partial charge in [-0.05, 0) is 43.2 Å². The van der Waals surface area contributed by atoms with Gasteiger partial charge < -0.3 is 9.64 Å². The quantitative estimate of drug-likeness (QED) is 0.430. The molecule has 0 bridgehead atoms. The number of nitrogens with zero attached hydrogens (tertiary/aromatic N) is 4. The number of nitriles is 1. The first kappa shape index (κ1) is 24.2. The molecule has 9 nitrogen and oxygen atoms in total. The van der Waals surface area contributed by atoms with E-state index in [4.69, 9.17) is 10.00 Å². The van der Waals surface area contributed by atoms with Gasteiger partial charge in [-0.1, -0.05) is 18.2 Å². The Morgan fingerprint density at radius 3 is 2.36 bits per heavy atom. The number of hydrogen-bond donors (Lipinski definition) is 0. The average molecular weight is 471 g/mol. The molecular formula is C23H26N4O5S. The summed E-state index contributed by atoms with van der Waals surface area (Å²) in [6.07, 6.45) is 1.93. The van der Waals surface area contributed by atoms with Crippen LogP contribution in [0.3, 0.4) is 0 Å². The van der Waals surface area contributed by atoms with Crippen molar-refractivity contribution in [3.8, 4) is 6.07 Å². The largest absolute Gasteiger partial charge is 0.452 e. The number of sulfonamides is 1. The van der Waals surface area contributed by atoms with Crippen LogP contribution < -0.4 is 9.80 Å². The summed E-state index contributed by atoms with van der Waals surface area (Å²) in [5, 5.41) is 9.09. The standard InChI is InChI=1S/C23H26N4O5S/c1-25(2)33(30,31)19-10-11-21(26-13-6-7-14-26)20(16-19)23(29)32-17-22(28)27(15-12-24)18-8-4-3-5-9-18/h3-5,8-11,16H,6-7,13-15,17H2,1-2H3. The van der Waals surface area contributed by atoms with E-state index in [-0.39, 0.29) is 17.0 Å². The molecule has 0 radical (unpaired) electrons. The predicted molar refractivity (Wildman–Crippen MR) is 123 cm³/mol. The Morgan fingerprint density at radius 2 is 1.76 bits per heavy atom. The minimum atomic E-state index is -3.77. The second kappa shape index (κ2) is 10.5. The van der Waals surface area contributed by atoms with Crippen LogP contribution in [0.25, 0.3) is 0 Å². The molecule has 1 amide bonds. The molecule has 0 spiro atoms. The van der Waals surface area contributed by atoms with E-state index in [9.17, 15) is 18.0 Å². The van der Waals surface area contributed by atoms with Crippen LogP contribution in [0.15, 0.2) is 53.4 Å². The minimum Gasteiger partial charge on any atom is -0.452 e. The van der Waals surface area contributed by atoms with Crippen LogP contribution in [0, 0.1) is 11.3 Å². The molecule has 0 saturated carbocycles. The molecule has 0 atom stereocenters. The fourth-order valence-electron chi connectivity index (χ4n) is 3.57. The average Bonchev–Trinajstić information content (AvgIpc) is 3.35. The topological polar surface area (TPSA) is 111 Å². The summed E-state index contributed by atoms with van der Waals surface area (Å²) >= 11 is 0. The highest BCUT2D eigenvalue weighted by atomic mass is 32.2. The van der Waals surface area contributed by atoms with Crippen molar-refractivity contribution in [1.82, 2.24) is 4.31 Å². The number of anilines is 2. The van der Waals surface area contributed by atoms with Gasteiger partial charge in [0.15, 0.2) is 6.61 Å². The highest BCUT2D eigenvalue weighted by molar-refractivity contribution is 7.89. The molecule has 0 aromatic heterocycles. The summed E-state index contributed by atoms with van der Waals surface area (Å²) in [5.74, 6) is -1.36. The molecule has 174 valence electrons. The van der Waals surface area contributed by atoms with E-state index in [2.05, 4.69) is 0 Å². The number of hydrogen-bond acceptors (Lipinski definition) is 7. The lowest BCUT2D eigenvalue weighted by molar-refractivity contribution is -0.121. The summed E-state index contributed by atoms with van der Waals surface area (Å²) in [6.45, 7) is 0.696. The normalized spacial score (nSPS) is 13.6. The first-order chi connectivity index (χ1) is 15.8. The maximum absolute atomic E-state index is 13.0. The number of amides is 1. The number of para-hydroxylation sites is 1. The molecule has 1 aliphatic rings. The van der Waals surface area contributed by atoms with Gasteiger partial charge in [0.2, 0.25) is 10.0 Å². The first-order valence-electron chi connectivity index (χ1n) is 10.5. The number of esters is 1. The molecule has 1 saturated heterocycles. The van der Waals surface area contributed by atoms with Gasteiger partial charge in [0.05, 0.1) is 22.2 Å². The number of benzene rings is 2. The smallest absolute Gasteiger partial charge is 0.340 e. The molecule has 1 aliphatic heterocycles. The lowest BCUT2D eigenvalue weighted by Crippen LogP contribution is -2.35. The van der Waals surface area contributed by atoms with Gasteiger partial charge in [-0.2, -0.15) is 5.26 Å². The third-order valence-corrected chi connectivity index (χ3v) is 7.15. The van der Waals surface area contributed by atoms with E-state index < -0.39 is 28.5 Å². The van der Waals surface area contributed by atoms with Crippen LogP contribution in [0.5, 0.6) is 0 Å². The van der Waals surface area contributed by atoms with Crippen molar-refractivity contribution in [2.24, 2.45) is 0 Å². The van der Waals surface area contributed by atoms with E-state index in [0.29, 0.717) is 11.4 Å². The summed E-state index contributed by atoms with van der Waals surface area (Å²) in [4.78, 5) is 28.9. The Bertz CT molecular complexity index is 1150. The van der Waals surface area contributed by atoms with Crippen molar-refractivity contribution in [3.63, 3.8) is 0 Å². The van der Waals surface area contributed by atoms with Gasteiger partial charge in [0, 0.05) is 32.9 Å². The van der Waals surface area contributed by atoms with Gasteiger partial charge in [0.1, 0.15) is 6.54 Å². The fraction of sp³-hybridized carbons (Fsp3) is 0.348. The van der Waals surface area contributed by atoms with Gasteiger partial charge in [-0.15, -0.1) is 0 Å². The zero-order chi connectivity index (χ0) is 24.0. The Labute approximate surface area is 193 Å². The number of carbonyl (C=O) groups excluding carboxylic acids is 2. The lowest BCUT2D eigenvalue weighted by Gasteiger charge is -2.23. The summed E-state index contributed by atoms with van der Waals surface area (Å²) in [5.41, 5.74) is 1.16. The van der Waals surface area contributed by atoms with E-state index in [1.807, 2.05) is 11.0 Å². The third kappa shape index (κ3) is 5.50. The predicted octanol–water partition coefficient (Wildman–Crippen LogP) is 2.25. The molecular weight excluding hydrogens is 444 g/mol. The number of ether oxygens (including phenoxy) is 1. The van der Waals surface area contributed by atoms with E-state index in [1.54, 1.807) is 36.4 Å². The Kier molecular flexibility index (Phi) is 7.68. The van der Waals surface area contributed by atoms with Gasteiger partial charge in [-0.3, -0.25) is 9.69 Å². The summed E-state index contributed by atoms with van der Waals surface area (Å²) in [7, 11) is -0.945. The van der Waals surface area contributed by atoms with Crippen molar-refractivity contribution >= 4 is 33.3 Å². The molecule has 0 unspecified atom stereocenters.